The Hall–Kier alpha value is -0.340. The molecule has 1 saturated carbocycles. The predicted octanol–water partition coefficient (Wildman–Crippen LogP) is 3.76. The molecule has 1 N–H and O–H groups in total. The van der Waals surface area contributed by atoms with Gasteiger partial charge in [-0.15, -0.1) is 0 Å². The molecule has 1 aliphatic rings. The summed E-state index contributed by atoms with van der Waals surface area (Å²) in [5.41, 5.74) is 1.35. The zero-order chi connectivity index (χ0) is 10.8. The fraction of sp³-hybridized carbons (Fsp3) is 0.538. The molecule has 0 amide bonds. The third-order valence-electron chi connectivity index (χ3n) is 3.33. The lowest BCUT2D eigenvalue weighted by atomic mass is 10.1. The van der Waals surface area contributed by atoms with Gasteiger partial charge in [-0.05, 0) is 43.4 Å². The number of benzene rings is 1. The fourth-order valence-corrected chi connectivity index (χ4v) is 2.58. The summed E-state index contributed by atoms with van der Waals surface area (Å²) >= 11 is 3.59. The summed E-state index contributed by atoms with van der Waals surface area (Å²) < 4.78 is 1.20. The van der Waals surface area contributed by atoms with Crippen LogP contribution in [0.25, 0.3) is 0 Å². The van der Waals surface area contributed by atoms with Gasteiger partial charge in [0.2, 0.25) is 0 Å². The van der Waals surface area contributed by atoms with Crippen molar-refractivity contribution < 1.29 is 0 Å². The van der Waals surface area contributed by atoms with Crippen molar-refractivity contribution in [2.75, 3.05) is 6.54 Å². The van der Waals surface area contributed by atoms with Crippen molar-refractivity contribution in [2.24, 2.45) is 11.8 Å². The molecule has 3 atom stereocenters. The highest BCUT2D eigenvalue weighted by Crippen LogP contribution is 2.37. The third kappa shape index (κ3) is 2.82. The Morgan fingerprint density at radius 3 is 2.73 bits per heavy atom. The molecule has 1 fully saturated rings. The highest BCUT2D eigenvalue weighted by atomic mass is 79.9. The molecule has 0 radical (unpaired) electrons. The largest absolute Gasteiger partial charge is 0.310 e. The minimum atomic E-state index is 0.438. The molecule has 15 heavy (non-hydrogen) atoms. The van der Waals surface area contributed by atoms with E-state index in [1.807, 2.05) is 0 Å². The Bertz CT molecular complexity index is 337. The lowest BCUT2D eigenvalue weighted by Crippen LogP contribution is -2.21. The molecule has 1 aliphatic carbocycles. The molecule has 1 nitrogen and oxygen atoms in total. The normalized spacial score (nSPS) is 26.3. The van der Waals surface area contributed by atoms with Gasteiger partial charge in [-0.25, -0.2) is 0 Å². The standard InChI is InChI=1S/C13H18BrN/c1-9-7-11(9)8-15-10(2)12-5-3-4-6-13(12)14/h3-6,9-11,15H,7-8H2,1-2H3. The van der Waals surface area contributed by atoms with Gasteiger partial charge in [-0.1, -0.05) is 41.1 Å². The van der Waals surface area contributed by atoms with E-state index in [4.69, 9.17) is 0 Å². The molecular weight excluding hydrogens is 250 g/mol. The number of nitrogens with one attached hydrogen (secondary N) is 1. The van der Waals surface area contributed by atoms with Crippen LogP contribution in [0.15, 0.2) is 28.7 Å². The van der Waals surface area contributed by atoms with Gasteiger partial charge < -0.3 is 5.32 Å². The molecule has 2 heteroatoms. The van der Waals surface area contributed by atoms with Crippen LogP contribution in [0.2, 0.25) is 0 Å². The Labute approximate surface area is 100 Å². The first-order valence-electron chi connectivity index (χ1n) is 5.66. The van der Waals surface area contributed by atoms with Crippen LogP contribution >= 0.6 is 15.9 Å². The van der Waals surface area contributed by atoms with Crippen LogP contribution in [-0.2, 0) is 0 Å². The van der Waals surface area contributed by atoms with Crippen LogP contribution in [0.4, 0.5) is 0 Å². The highest BCUT2D eigenvalue weighted by Gasteiger charge is 2.32. The van der Waals surface area contributed by atoms with E-state index in [1.54, 1.807) is 0 Å². The summed E-state index contributed by atoms with van der Waals surface area (Å²) in [6, 6.07) is 8.88. The molecule has 1 aromatic rings. The zero-order valence-corrected chi connectivity index (χ0v) is 10.9. The van der Waals surface area contributed by atoms with Crippen LogP contribution in [0.3, 0.4) is 0 Å². The maximum Gasteiger partial charge on any atom is 0.0303 e. The first-order chi connectivity index (χ1) is 7.18. The van der Waals surface area contributed by atoms with E-state index in [0.29, 0.717) is 6.04 Å². The quantitative estimate of drug-likeness (QED) is 0.876. The van der Waals surface area contributed by atoms with Crippen LogP contribution in [-0.4, -0.2) is 6.54 Å². The maximum absolute atomic E-state index is 3.60. The van der Waals surface area contributed by atoms with Crippen molar-refractivity contribution in [3.05, 3.63) is 34.3 Å². The molecule has 0 spiro atoms. The van der Waals surface area contributed by atoms with Gasteiger partial charge in [0.25, 0.3) is 0 Å². The number of halogens is 1. The van der Waals surface area contributed by atoms with E-state index in [0.717, 1.165) is 18.4 Å². The van der Waals surface area contributed by atoms with Crippen LogP contribution in [0.5, 0.6) is 0 Å². The predicted molar refractivity (Wildman–Crippen MR) is 67.8 cm³/mol. The minimum Gasteiger partial charge on any atom is -0.310 e. The van der Waals surface area contributed by atoms with Gasteiger partial charge in [0.15, 0.2) is 0 Å². The van der Waals surface area contributed by atoms with Gasteiger partial charge >= 0.3 is 0 Å². The lowest BCUT2D eigenvalue weighted by Gasteiger charge is -2.15. The van der Waals surface area contributed by atoms with Gasteiger partial charge in [0.1, 0.15) is 0 Å². The average Bonchev–Trinajstić information content (AvgIpc) is 2.92. The topological polar surface area (TPSA) is 12.0 Å². The monoisotopic (exact) mass is 267 g/mol. The number of hydrogen-bond donors (Lipinski definition) is 1. The second-order valence-corrected chi connectivity index (χ2v) is 5.48. The Kier molecular flexibility index (Phi) is 3.47. The molecule has 0 bridgehead atoms. The Morgan fingerprint density at radius 1 is 1.47 bits per heavy atom. The maximum atomic E-state index is 3.60. The van der Waals surface area contributed by atoms with Gasteiger partial charge in [0.05, 0.1) is 0 Å². The van der Waals surface area contributed by atoms with Crippen molar-refractivity contribution in [1.82, 2.24) is 5.32 Å². The van der Waals surface area contributed by atoms with Crippen molar-refractivity contribution in [2.45, 2.75) is 26.3 Å². The van der Waals surface area contributed by atoms with Crippen molar-refractivity contribution in [1.29, 1.82) is 0 Å². The molecule has 0 heterocycles. The first kappa shape index (κ1) is 11.2. The SMILES string of the molecule is CC(NCC1CC1C)c1ccccc1Br. The second-order valence-electron chi connectivity index (χ2n) is 4.62. The molecule has 1 aromatic carbocycles. The molecule has 0 saturated heterocycles. The summed E-state index contributed by atoms with van der Waals surface area (Å²) in [5, 5.41) is 3.60. The molecule has 0 aliphatic heterocycles. The number of rotatable bonds is 4. The van der Waals surface area contributed by atoms with Gasteiger partial charge in [0, 0.05) is 10.5 Å². The Balaban J connectivity index is 1.90. The smallest absolute Gasteiger partial charge is 0.0303 e. The van der Waals surface area contributed by atoms with Gasteiger partial charge in [-0.2, -0.15) is 0 Å². The van der Waals surface area contributed by atoms with E-state index in [-0.39, 0.29) is 0 Å². The van der Waals surface area contributed by atoms with E-state index in [9.17, 15) is 0 Å². The summed E-state index contributed by atoms with van der Waals surface area (Å²) in [7, 11) is 0. The third-order valence-corrected chi connectivity index (χ3v) is 4.06. The zero-order valence-electron chi connectivity index (χ0n) is 9.33. The highest BCUT2D eigenvalue weighted by molar-refractivity contribution is 9.10. The Morgan fingerprint density at radius 2 is 2.13 bits per heavy atom. The van der Waals surface area contributed by atoms with Crippen molar-refractivity contribution >= 4 is 15.9 Å². The molecular formula is C13H18BrN. The summed E-state index contributed by atoms with van der Waals surface area (Å²) in [6.45, 7) is 5.71. The van der Waals surface area contributed by atoms with E-state index < -0.39 is 0 Å². The summed E-state index contributed by atoms with van der Waals surface area (Å²) in [6.07, 6.45) is 1.40. The first-order valence-corrected chi connectivity index (χ1v) is 6.45. The molecule has 0 aromatic heterocycles. The molecule has 3 unspecified atom stereocenters. The van der Waals surface area contributed by atoms with Crippen LogP contribution in [0.1, 0.15) is 31.9 Å². The summed E-state index contributed by atoms with van der Waals surface area (Å²) in [4.78, 5) is 0. The molecule has 82 valence electrons. The van der Waals surface area contributed by atoms with E-state index in [1.165, 1.54) is 16.5 Å². The average molecular weight is 268 g/mol. The minimum absolute atomic E-state index is 0.438. The summed E-state index contributed by atoms with van der Waals surface area (Å²) in [5.74, 6) is 1.85. The van der Waals surface area contributed by atoms with Crippen LogP contribution in [0, 0.1) is 11.8 Å². The fourth-order valence-electron chi connectivity index (χ4n) is 1.95. The second kappa shape index (κ2) is 4.67. The lowest BCUT2D eigenvalue weighted by molar-refractivity contribution is 0.534. The van der Waals surface area contributed by atoms with E-state index >= 15 is 0 Å². The van der Waals surface area contributed by atoms with E-state index in [2.05, 4.69) is 59.4 Å². The van der Waals surface area contributed by atoms with Gasteiger partial charge in [-0.3, -0.25) is 0 Å². The van der Waals surface area contributed by atoms with Crippen molar-refractivity contribution in [3.8, 4) is 0 Å². The van der Waals surface area contributed by atoms with Crippen LogP contribution < -0.4 is 5.32 Å². The number of hydrogen-bond acceptors (Lipinski definition) is 1. The molecule has 2 rings (SSSR count). The van der Waals surface area contributed by atoms with Crippen molar-refractivity contribution in [3.63, 3.8) is 0 Å².